The Balaban J connectivity index is -0.000000336. The van der Waals surface area contributed by atoms with E-state index in [1.54, 1.807) is 0 Å². The molecule has 0 bridgehead atoms. The Morgan fingerprint density at radius 3 is 1.13 bits per heavy atom. The van der Waals surface area contributed by atoms with E-state index in [1.807, 2.05) is 0 Å². The van der Waals surface area contributed by atoms with Crippen LogP contribution in [0.3, 0.4) is 0 Å². The average Bonchev–Trinajstić information content (AvgIpc) is 3.00. The van der Waals surface area contributed by atoms with Gasteiger partial charge in [-0.2, -0.15) is 0 Å². The Labute approximate surface area is 280 Å². The first-order chi connectivity index (χ1) is 21.5. The number of allylic oxidation sites excluding steroid dienone is 2. The van der Waals surface area contributed by atoms with Gasteiger partial charge >= 0.3 is 5.97 Å². The van der Waals surface area contributed by atoms with Crippen LogP contribution in [0, 0.1) is 4.91 Å². The number of aliphatic hydroxyl groups excluding tert-OH is 1. The summed E-state index contributed by atoms with van der Waals surface area (Å²) < 4.78 is 0. The number of hydrogen-bond donors (Lipinski definition) is 3. The number of nitrogens with zero attached hydrogens (tertiary/aromatic N) is 2. The molecule has 0 aromatic carbocycles. The molecule has 0 saturated carbocycles. The molecule has 5 N–H and O–H groups in total. The molecule has 7 heteroatoms. The molecule has 0 aromatic rings. The number of aliphatic hydroxyl groups is 1. The molecule has 7 nitrogen and oxygen atoms in total. The molecule has 0 amide bonds. The summed E-state index contributed by atoms with van der Waals surface area (Å²) in [6.07, 6.45) is 43.6. The molecule has 0 saturated heterocycles. The maximum atomic E-state index is 10.3. The van der Waals surface area contributed by atoms with Crippen LogP contribution in [-0.2, 0) is 4.79 Å². The Bertz CT molecular complexity index is 596. The highest BCUT2D eigenvalue weighted by atomic mass is 16.4. The Kier molecular flexibility index (Phi) is 55.1. The van der Waals surface area contributed by atoms with Crippen molar-refractivity contribution in [2.45, 2.75) is 226 Å². The molecule has 0 rings (SSSR count). The van der Waals surface area contributed by atoms with Gasteiger partial charge in [-0.25, -0.2) is 0 Å². The van der Waals surface area contributed by atoms with Crippen molar-refractivity contribution < 1.29 is 15.0 Å². The van der Waals surface area contributed by atoms with Crippen molar-refractivity contribution in [1.29, 1.82) is 0 Å². The van der Waals surface area contributed by atoms with Crippen molar-refractivity contribution in [3.05, 3.63) is 22.6 Å². The number of carbonyl (C=O) groups is 1. The van der Waals surface area contributed by atoms with Crippen LogP contribution in [0.25, 0.3) is 5.53 Å². The van der Waals surface area contributed by atoms with Gasteiger partial charge in [0.25, 0.3) is 0 Å². The maximum Gasteiger partial charge on any atom is 0.303 e. The summed E-state index contributed by atoms with van der Waals surface area (Å²) >= 11 is 0. The average molecular weight is 642 g/mol. The second-order valence-corrected chi connectivity index (χ2v) is 12.6. The van der Waals surface area contributed by atoms with Gasteiger partial charge in [0, 0.05) is 6.42 Å². The maximum absolute atomic E-state index is 10.3. The number of hydrogen-bond acceptors (Lipinski definition) is 4. The van der Waals surface area contributed by atoms with Crippen LogP contribution in [0.4, 0.5) is 0 Å². The molecule has 270 valence electrons. The zero-order valence-corrected chi connectivity index (χ0v) is 30.5. The van der Waals surface area contributed by atoms with Crippen molar-refractivity contribution in [2.24, 2.45) is 0 Å². The van der Waals surface area contributed by atoms with E-state index in [-0.39, 0.29) is 12.3 Å². The largest absolute Gasteiger partial charge is 0.481 e. The lowest BCUT2D eigenvalue weighted by atomic mass is 10.0. The molecule has 0 aliphatic carbocycles. The van der Waals surface area contributed by atoms with E-state index in [1.165, 1.54) is 172 Å². The fourth-order valence-electron chi connectivity index (χ4n) is 5.34. The van der Waals surface area contributed by atoms with Gasteiger partial charge in [-0.3, -0.25) is 10.3 Å². The molecular weight excluding hydrogens is 562 g/mol. The van der Waals surface area contributed by atoms with Crippen molar-refractivity contribution in [3.63, 3.8) is 0 Å². The Morgan fingerprint density at radius 1 is 0.556 bits per heavy atom. The summed E-state index contributed by atoms with van der Waals surface area (Å²) in [6.45, 7) is 6.79. The summed E-state index contributed by atoms with van der Waals surface area (Å²) in [5, 5.41) is 18.5. The van der Waals surface area contributed by atoms with Crippen molar-refractivity contribution in [2.75, 3.05) is 0 Å². The zero-order valence-electron chi connectivity index (χ0n) is 30.5. The molecule has 1 unspecified atom stereocenters. The fourth-order valence-corrected chi connectivity index (χ4v) is 5.34. The third-order valence-electron chi connectivity index (χ3n) is 8.18. The Morgan fingerprint density at radius 2 is 0.822 bits per heavy atom. The van der Waals surface area contributed by atoms with Crippen LogP contribution in [0.15, 0.2) is 12.2 Å². The van der Waals surface area contributed by atoms with E-state index in [4.69, 9.17) is 15.5 Å². The molecule has 0 aliphatic rings. The van der Waals surface area contributed by atoms with Crippen LogP contribution in [-0.4, -0.2) is 22.3 Å². The quantitative estimate of drug-likeness (QED) is 0.0289. The molecule has 0 fully saturated rings. The second-order valence-electron chi connectivity index (χ2n) is 12.6. The van der Waals surface area contributed by atoms with E-state index in [9.17, 15) is 9.90 Å². The predicted molar refractivity (Wildman–Crippen MR) is 197 cm³/mol. The molecule has 0 radical (unpaired) electrons. The fraction of sp³-hybridized carbons (Fsp3) is 0.921. The van der Waals surface area contributed by atoms with Crippen LogP contribution in [0.5, 0.6) is 0 Å². The first-order valence-corrected chi connectivity index (χ1v) is 19.0. The minimum absolute atomic E-state index is 0. The lowest BCUT2D eigenvalue weighted by Gasteiger charge is -2.10. The summed E-state index contributed by atoms with van der Waals surface area (Å²) in [7, 11) is 0. The van der Waals surface area contributed by atoms with E-state index < -0.39 is 5.97 Å². The van der Waals surface area contributed by atoms with Crippen LogP contribution < -0.4 is 11.1 Å². The molecule has 1 atom stereocenters. The minimum Gasteiger partial charge on any atom is -0.481 e. The summed E-state index contributed by atoms with van der Waals surface area (Å²) in [4.78, 5) is 19.7. The molecule has 0 aliphatic heterocycles. The number of aliphatic carboxylic acids is 1. The van der Waals surface area contributed by atoms with Crippen molar-refractivity contribution in [1.82, 2.24) is 11.1 Å². The second kappa shape index (κ2) is 49.3. The van der Waals surface area contributed by atoms with E-state index in [2.05, 4.69) is 32.9 Å². The van der Waals surface area contributed by atoms with Crippen LogP contribution in [0.2, 0.25) is 0 Å². The summed E-state index contributed by atoms with van der Waals surface area (Å²) in [5.41, 5.74) is 6.64. The smallest absolute Gasteiger partial charge is 0.303 e. The number of unbranched alkanes of at least 4 members (excludes halogenated alkanes) is 24. The molecule has 0 aromatic heterocycles. The lowest BCUT2D eigenvalue weighted by Crippen LogP contribution is -2.05. The number of carboxylic acids is 1. The molecule has 45 heavy (non-hydrogen) atoms. The zero-order chi connectivity index (χ0) is 33.2. The lowest BCUT2D eigenvalue weighted by molar-refractivity contribution is -0.137. The van der Waals surface area contributed by atoms with Crippen molar-refractivity contribution in [3.8, 4) is 0 Å². The minimum atomic E-state index is -0.664. The molecule has 0 spiro atoms. The van der Waals surface area contributed by atoms with Crippen LogP contribution in [0.1, 0.15) is 220 Å². The topological polar surface area (TPSA) is 146 Å². The predicted octanol–water partition coefficient (Wildman–Crippen LogP) is 13.1. The molecular formula is C38H79N3O4. The SMILES string of the molecule is CCCCCCCC/C=C\CCCCCCCC(=O)O.CCCCCCCCCCCC(O)CCCCCCCC.N.[N-]=[N+]=O. The van der Waals surface area contributed by atoms with Gasteiger partial charge in [0.05, 0.1) is 6.10 Å². The highest BCUT2D eigenvalue weighted by molar-refractivity contribution is 5.66. The highest BCUT2D eigenvalue weighted by Gasteiger charge is 2.03. The van der Waals surface area contributed by atoms with Crippen LogP contribution >= 0.6 is 0 Å². The first kappa shape index (κ1) is 50.3. The van der Waals surface area contributed by atoms with E-state index >= 15 is 0 Å². The van der Waals surface area contributed by atoms with Gasteiger partial charge in [0.15, 0.2) is 4.91 Å². The third-order valence-corrected chi connectivity index (χ3v) is 8.18. The first-order valence-electron chi connectivity index (χ1n) is 19.0. The number of nitroso groups, excluding NO2 is 1. The van der Waals surface area contributed by atoms with Gasteiger partial charge in [-0.15, -0.1) is 0 Å². The van der Waals surface area contributed by atoms with Gasteiger partial charge < -0.3 is 16.4 Å². The standard InChI is InChI=1S/C20H42O.C18H34O2.N2O.H3N/c1-3-5-7-9-11-12-13-15-17-19-20(21)18-16-14-10-8-6-4-2;1-2-3-4-5-6-7-8-9-10-11-12-13-14-15-16-17-18(19)20;1-2-3;/h20-21H,3-19H2,1-2H3;9-10H,2-8,11-17H2,1H3,(H,19,20);;1H3/b;10-9-;;. The van der Waals surface area contributed by atoms with Crippen molar-refractivity contribution >= 4 is 5.97 Å². The van der Waals surface area contributed by atoms with Gasteiger partial charge in [0.2, 0.25) is 0 Å². The normalized spacial score (nSPS) is 11.1. The molecule has 0 heterocycles. The Hall–Kier alpha value is -1.56. The van der Waals surface area contributed by atoms with Gasteiger partial charge in [0.1, 0.15) is 4.97 Å². The highest BCUT2D eigenvalue weighted by Crippen LogP contribution is 2.15. The van der Waals surface area contributed by atoms with E-state index in [0.29, 0.717) is 6.42 Å². The number of carboxylic acid groups (broad SMARTS) is 1. The monoisotopic (exact) mass is 642 g/mol. The third kappa shape index (κ3) is 58.5. The van der Waals surface area contributed by atoms with Gasteiger partial charge in [-0.1, -0.05) is 181 Å². The van der Waals surface area contributed by atoms with Gasteiger partial charge in [-0.05, 0) is 44.9 Å². The summed E-state index contributed by atoms with van der Waals surface area (Å²) in [6, 6.07) is 0. The number of rotatable bonds is 32. The van der Waals surface area contributed by atoms with E-state index in [0.717, 1.165) is 25.7 Å². The summed E-state index contributed by atoms with van der Waals surface area (Å²) in [5.74, 6) is -0.664.